The number of nitrogens with zero attached hydrogens (tertiary/aromatic N) is 3. The van der Waals surface area contributed by atoms with E-state index >= 15 is 0 Å². The van der Waals surface area contributed by atoms with Crippen molar-refractivity contribution in [1.82, 2.24) is 9.97 Å². The van der Waals surface area contributed by atoms with Crippen LogP contribution in [0.5, 0.6) is 0 Å². The van der Waals surface area contributed by atoms with Gasteiger partial charge in [0.15, 0.2) is 0 Å². The molecule has 98 valence electrons. The molecule has 4 nitrogen and oxygen atoms in total. The molecule has 0 bridgehead atoms. The Labute approximate surface area is 125 Å². The van der Waals surface area contributed by atoms with Crippen molar-refractivity contribution < 1.29 is 0 Å². The van der Waals surface area contributed by atoms with Crippen LogP contribution in [0.2, 0.25) is 0 Å². The van der Waals surface area contributed by atoms with Gasteiger partial charge in [-0.15, -0.1) is 0 Å². The van der Waals surface area contributed by atoms with E-state index in [0.29, 0.717) is 5.69 Å². The lowest BCUT2D eigenvalue weighted by molar-refractivity contribution is 0.889. The molecule has 1 aromatic heterocycles. The molecule has 0 unspecified atom stereocenters. The molecule has 0 amide bonds. The molecular weight excluding hydrogens is 324 g/mol. The summed E-state index contributed by atoms with van der Waals surface area (Å²) in [6.07, 6.45) is 3.27. The van der Waals surface area contributed by atoms with E-state index in [2.05, 4.69) is 38.0 Å². The first-order valence-corrected chi connectivity index (χ1v) is 6.84. The van der Waals surface area contributed by atoms with E-state index in [1.165, 1.54) is 5.56 Å². The van der Waals surface area contributed by atoms with E-state index < -0.39 is 0 Å². The molecule has 2 rings (SSSR count). The fraction of sp³-hybridized carbons (Fsp3) is 0.154. The maximum Gasteiger partial charge on any atom is 0.147 e. The second kappa shape index (κ2) is 6.08. The third-order valence-electron chi connectivity index (χ3n) is 2.61. The number of anilines is 1. The zero-order valence-corrected chi connectivity index (χ0v) is 12.8. The van der Waals surface area contributed by atoms with Gasteiger partial charge in [-0.25, -0.2) is 9.97 Å². The van der Waals surface area contributed by atoms with Gasteiger partial charge >= 0.3 is 0 Å². The Balaban J connectivity index is 2.09. The van der Waals surface area contributed by atoms with E-state index in [1.807, 2.05) is 24.1 Å². The van der Waals surface area contributed by atoms with Gasteiger partial charge in [-0.1, -0.05) is 40.3 Å². The zero-order chi connectivity index (χ0) is 13.8. The van der Waals surface area contributed by atoms with E-state index in [4.69, 9.17) is 18.0 Å². The summed E-state index contributed by atoms with van der Waals surface area (Å²) in [5.41, 5.74) is 7.23. The van der Waals surface area contributed by atoms with Crippen molar-refractivity contribution in [3.8, 4) is 0 Å². The molecule has 0 aliphatic carbocycles. The van der Waals surface area contributed by atoms with Gasteiger partial charge in [0.1, 0.15) is 16.5 Å². The van der Waals surface area contributed by atoms with Gasteiger partial charge in [-0.2, -0.15) is 0 Å². The van der Waals surface area contributed by atoms with Gasteiger partial charge in [-0.3, -0.25) is 0 Å². The summed E-state index contributed by atoms with van der Waals surface area (Å²) in [7, 11) is 1.96. The van der Waals surface area contributed by atoms with E-state index in [0.717, 1.165) is 16.8 Å². The van der Waals surface area contributed by atoms with Gasteiger partial charge in [0.05, 0.1) is 12.4 Å². The van der Waals surface area contributed by atoms with Crippen LogP contribution in [0.25, 0.3) is 0 Å². The summed E-state index contributed by atoms with van der Waals surface area (Å²) in [6, 6.07) is 8.17. The Kier molecular flexibility index (Phi) is 4.44. The molecule has 0 spiro atoms. The third-order valence-corrected chi connectivity index (χ3v) is 3.35. The Morgan fingerprint density at radius 1 is 1.26 bits per heavy atom. The Morgan fingerprint density at radius 3 is 2.47 bits per heavy atom. The smallest absolute Gasteiger partial charge is 0.147 e. The van der Waals surface area contributed by atoms with Crippen LogP contribution in [-0.2, 0) is 6.54 Å². The largest absolute Gasteiger partial charge is 0.388 e. The highest BCUT2D eigenvalue weighted by Crippen LogP contribution is 2.14. The quantitative estimate of drug-likeness (QED) is 0.869. The normalized spacial score (nSPS) is 10.2. The van der Waals surface area contributed by atoms with E-state index in [9.17, 15) is 0 Å². The first-order chi connectivity index (χ1) is 9.06. The van der Waals surface area contributed by atoms with Gasteiger partial charge in [0, 0.05) is 18.1 Å². The minimum Gasteiger partial charge on any atom is -0.388 e. The van der Waals surface area contributed by atoms with Crippen LogP contribution in [0.4, 0.5) is 5.82 Å². The molecule has 0 fully saturated rings. The van der Waals surface area contributed by atoms with Gasteiger partial charge < -0.3 is 10.6 Å². The molecule has 2 N–H and O–H groups in total. The fourth-order valence-corrected chi connectivity index (χ4v) is 1.96. The number of nitrogens with two attached hydrogens (primary N) is 1. The van der Waals surface area contributed by atoms with Crippen LogP contribution in [0.15, 0.2) is 41.1 Å². The first kappa shape index (κ1) is 13.9. The highest BCUT2D eigenvalue weighted by Gasteiger charge is 2.05. The number of hydrogen-bond donors (Lipinski definition) is 1. The molecule has 0 saturated carbocycles. The number of hydrogen-bond acceptors (Lipinski definition) is 4. The number of thiocarbonyl (C=S) groups is 1. The minimum absolute atomic E-state index is 0.259. The van der Waals surface area contributed by atoms with Crippen molar-refractivity contribution in [3.63, 3.8) is 0 Å². The van der Waals surface area contributed by atoms with Crippen LogP contribution in [0, 0.1) is 0 Å². The second-order valence-corrected chi connectivity index (χ2v) is 5.46. The molecule has 1 aromatic carbocycles. The lowest BCUT2D eigenvalue weighted by atomic mass is 10.2. The number of halogens is 1. The molecular formula is C13H13BrN4S. The van der Waals surface area contributed by atoms with Gasteiger partial charge in [-0.05, 0) is 17.7 Å². The minimum atomic E-state index is 0.259. The lowest BCUT2D eigenvalue weighted by Crippen LogP contribution is -2.19. The Bertz CT molecular complexity index is 568. The lowest BCUT2D eigenvalue weighted by Gasteiger charge is -2.17. The van der Waals surface area contributed by atoms with E-state index in [1.54, 1.807) is 12.4 Å². The summed E-state index contributed by atoms with van der Waals surface area (Å²) >= 11 is 8.26. The molecule has 0 aliphatic heterocycles. The van der Waals surface area contributed by atoms with Crippen molar-refractivity contribution in [2.45, 2.75) is 6.54 Å². The Morgan fingerprint density at radius 2 is 1.95 bits per heavy atom. The molecule has 1 heterocycles. The van der Waals surface area contributed by atoms with Crippen LogP contribution in [0.1, 0.15) is 11.3 Å². The molecule has 19 heavy (non-hydrogen) atoms. The topological polar surface area (TPSA) is 55.0 Å². The highest BCUT2D eigenvalue weighted by atomic mass is 79.9. The van der Waals surface area contributed by atoms with Crippen molar-refractivity contribution in [3.05, 3.63) is 52.4 Å². The summed E-state index contributed by atoms with van der Waals surface area (Å²) in [4.78, 5) is 10.7. The maximum absolute atomic E-state index is 5.49. The van der Waals surface area contributed by atoms with Crippen molar-refractivity contribution >= 4 is 39.0 Å². The summed E-state index contributed by atoms with van der Waals surface area (Å²) in [5, 5.41) is 0. The molecule has 0 saturated heterocycles. The first-order valence-electron chi connectivity index (χ1n) is 5.63. The highest BCUT2D eigenvalue weighted by molar-refractivity contribution is 9.10. The van der Waals surface area contributed by atoms with Crippen molar-refractivity contribution in [1.29, 1.82) is 0 Å². The van der Waals surface area contributed by atoms with Crippen molar-refractivity contribution in [2.75, 3.05) is 11.9 Å². The Hall–Kier alpha value is -1.53. The molecule has 0 atom stereocenters. The predicted molar refractivity (Wildman–Crippen MR) is 84.2 cm³/mol. The van der Waals surface area contributed by atoms with Crippen LogP contribution < -0.4 is 10.6 Å². The standard InChI is InChI=1S/C13H13BrN4S/c1-18(8-9-2-4-10(14)5-3-9)12-7-16-11(6-17-12)13(15)19/h2-7H,8H2,1H3,(H2,15,19). The molecule has 0 aliphatic rings. The van der Waals surface area contributed by atoms with Crippen molar-refractivity contribution in [2.24, 2.45) is 5.73 Å². The number of aromatic nitrogens is 2. The van der Waals surface area contributed by atoms with Crippen LogP contribution in [0.3, 0.4) is 0 Å². The zero-order valence-electron chi connectivity index (χ0n) is 10.4. The van der Waals surface area contributed by atoms with Gasteiger partial charge in [0.25, 0.3) is 0 Å². The van der Waals surface area contributed by atoms with Crippen LogP contribution >= 0.6 is 28.1 Å². The summed E-state index contributed by atoms with van der Waals surface area (Å²) in [6.45, 7) is 0.758. The third kappa shape index (κ3) is 3.71. The molecule has 6 heteroatoms. The average molecular weight is 337 g/mol. The maximum atomic E-state index is 5.49. The SMILES string of the molecule is CN(Cc1ccc(Br)cc1)c1cnc(C(N)=S)cn1. The molecule has 0 radical (unpaired) electrons. The monoisotopic (exact) mass is 336 g/mol. The predicted octanol–water partition coefficient (Wildman–Crippen LogP) is 2.51. The summed E-state index contributed by atoms with van der Waals surface area (Å²) in [5.74, 6) is 0.780. The fourth-order valence-electron chi connectivity index (χ4n) is 1.59. The van der Waals surface area contributed by atoms with Gasteiger partial charge in [0.2, 0.25) is 0 Å². The van der Waals surface area contributed by atoms with E-state index in [-0.39, 0.29) is 4.99 Å². The number of benzene rings is 1. The molecule has 2 aromatic rings. The van der Waals surface area contributed by atoms with Crippen LogP contribution in [-0.4, -0.2) is 22.0 Å². The average Bonchev–Trinajstić information content (AvgIpc) is 2.41. The number of rotatable bonds is 4. The summed E-state index contributed by atoms with van der Waals surface area (Å²) < 4.78 is 1.07. The second-order valence-electron chi connectivity index (χ2n) is 4.11.